The number of carbonyl (C=O) groups excluding carboxylic acids is 1. The summed E-state index contributed by atoms with van der Waals surface area (Å²) in [5, 5.41) is 18.8. The van der Waals surface area contributed by atoms with Gasteiger partial charge in [-0.2, -0.15) is 10.2 Å². The van der Waals surface area contributed by atoms with Crippen LogP contribution < -0.4 is 5.32 Å². The Morgan fingerprint density at radius 2 is 1.89 bits per heavy atom. The molecular formula is C26H35N5O5S. The Bertz CT molecular complexity index is 1120. The smallest absolute Gasteiger partial charge is 0.240 e. The van der Waals surface area contributed by atoms with E-state index in [9.17, 15) is 9.90 Å². The lowest BCUT2D eigenvalue weighted by atomic mass is 10.1. The SMILES string of the molecule is Cc1cnn(CCOCCOCCON2C[C@H](O)C[C@H]2C(=O)NCc2ccc(-c3scnc3C)cc2)c1. The van der Waals surface area contributed by atoms with Crippen molar-refractivity contribution in [3.8, 4) is 10.4 Å². The van der Waals surface area contributed by atoms with Gasteiger partial charge in [0, 0.05) is 19.2 Å². The first kappa shape index (κ1) is 27.4. The van der Waals surface area contributed by atoms with E-state index in [0.29, 0.717) is 52.5 Å². The van der Waals surface area contributed by atoms with Gasteiger partial charge in [0.1, 0.15) is 6.04 Å². The highest BCUT2D eigenvalue weighted by Gasteiger charge is 2.36. The summed E-state index contributed by atoms with van der Waals surface area (Å²) in [5.74, 6) is -0.166. The number of nitrogens with zero attached hydrogens (tertiary/aromatic N) is 4. The Labute approximate surface area is 221 Å². The molecule has 37 heavy (non-hydrogen) atoms. The standard InChI is InChI=1S/C26H35N5O5S/c1-19-14-29-30(16-19)7-8-34-9-10-35-11-12-36-31-17-23(32)13-24(31)26(33)27-15-21-3-5-22(6-4-21)25-20(2)28-18-37-25/h3-6,14,16,18,23-24,32H,7-13,15,17H2,1-2H3,(H,27,33)/t23-,24+/m1/s1. The highest BCUT2D eigenvalue weighted by Crippen LogP contribution is 2.27. The molecule has 1 amide bonds. The number of aliphatic hydroxyl groups is 1. The highest BCUT2D eigenvalue weighted by atomic mass is 32.1. The number of aromatic nitrogens is 3. The molecular weight excluding hydrogens is 494 g/mol. The molecule has 11 heteroatoms. The summed E-state index contributed by atoms with van der Waals surface area (Å²) in [6.07, 6.45) is 3.52. The fourth-order valence-corrected chi connectivity index (χ4v) is 4.92. The Kier molecular flexibility index (Phi) is 10.2. The van der Waals surface area contributed by atoms with Crippen molar-refractivity contribution < 1.29 is 24.2 Å². The number of carbonyl (C=O) groups is 1. The van der Waals surface area contributed by atoms with Crippen LogP contribution in [0.15, 0.2) is 42.2 Å². The van der Waals surface area contributed by atoms with Crippen LogP contribution in [0.4, 0.5) is 0 Å². The maximum Gasteiger partial charge on any atom is 0.240 e. The van der Waals surface area contributed by atoms with Crippen LogP contribution in [0, 0.1) is 13.8 Å². The minimum absolute atomic E-state index is 0.166. The van der Waals surface area contributed by atoms with Crippen molar-refractivity contribution in [2.24, 2.45) is 0 Å². The second kappa shape index (κ2) is 13.8. The number of hydrogen-bond donors (Lipinski definition) is 2. The predicted molar refractivity (Wildman–Crippen MR) is 140 cm³/mol. The predicted octanol–water partition coefficient (Wildman–Crippen LogP) is 2.34. The van der Waals surface area contributed by atoms with Crippen LogP contribution in [0.1, 0.15) is 23.2 Å². The van der Waals surface area contributed by atoms with Gasteiger partial charge in [-0.3, -0.25) is 14.3 Å². The summed E-state index contributed by atoms with van der Waals surface area (Å²) < 4.78 is 13.0. The number of nitrogens with one attached hydrogen (secondary N) is 1. The lowest BCUT2D eigenvalue weighted by Crippen LogP contribution is -2.43. The van der Waals surface area contributed by atoms with E-state index in [2.05, 4.69) is 15.4 Å². The third-order valence-electron chi connectivity index (χ3n) is 6.05. The molecule has 200 valence electrons. The molecule has 1 aliphatic heterocycles. The number of aryl methyl sites for hydroxylation is 2. The number of hydroxylamine groups is 2. The number of rotatable bonds is 14. The van der Waals surface area contributed by atoms with E-state index < -0.39 is 12.1 Å². The van der Waals surface area contributed by atoms with Crippen LogP contribution in [-0.2, 0) is 32.2 Å². The van der Waals surface area contributed by atoms with E-state index >= 15 is 0 Å². The summed E-state index contributed by atoms with van der Waals surface area (Å²) >= 11 is 1.62. The molecule has 2 N–H and O–H groups in total. The molecule has 3 aromatic rings. The fraction of sp³-hybridized carbons (Fsp3) is 0.500. The molecule has 0 saturated carbocycles. The van der Waals surface area contributed by atoms with Crippen molar-refractivity contribution >= 4 is 17.2 Å². The summed E-state index contributed by atoms with van der Waals surface area (Å²) in [5.41, 5.74) is 6.10. The van der Waals surface area contributed by atoms with E-state index in [1.807, 2.05) is 60.7 Å². The summed E-state index contributed by atoms with van der Waals surface area (Å²) in [6.45, 7) is 7.57. The lowest BCUT2D eigenvalue weighted by Gasteiger charge is -2.22. The van der Waals surface area contributed by atoms with Gasteiger partial charge in [-0.05, 0) is 30.5 Å². The molecule has 1 saturated heterocycles. The van der Waals surface area contributed by atoms with E-state index in [-0.39, 0.29) is 12.5 Å². The van der Waals surface area contributed by atoms with Gasteiger partial charge < -0.3 is 19.9 Å². The maximum atomic E-state index is 12.8. The Morgan fingerprint density at radius 3 is 2.59 bits per heavy atom. The Balaban J connectivity index is 1.11. The van der Waals surface area contributed by atoms with E-state index in [0.717, 1.165) is 27.3 Å². The van der Waals surface area contributed by atoms with Gasteiger partial charge in [-0.15, -0.1) is 11.3 Å². The molecule has 2 atom stereocenters. The zero-order valence-electron chi connectivity index (χ0n) is 21.3. The first-order valence-electron chi connectivity index (χ1n) is 12.5. The van der Waals surface area contributed by atoms with Crippen LogP contribution in [0.3, 0.4) is 0 Å². The zero-order chi connectivity index (χ0) is 26.0. The van der Waals surface area contributed by atoms with Crippen molar-refractivity contribution in [1.82, 2.24) is 25.1 Å². The number of β-amino-alcohol motifs (C(OH)–C–C–N with tert-alkyl or cyclic N) is 1. The summed E-state index contributed by atoms with van der Waals surface area (Å²) in [4.78, 5) is 24.0. The number of amides is 1. The third kappa shape index (κ3) is 8.16. The molecule has 1 aromatic carbocycles. The minimum atomic E-state index is -0.606. The van der Waals surface area contributed by atoms with Crippen molar-refractivity contribution in [2.45, 2.75) is 45.5 Å². The van der Waals surface area contributed by atoms with E-state index in [1.54, 1.807) is 16.4 Å². The molecule has 0 aliphatic carbocycles. The van der Waals surface area contributed by atoms with Crippen LogP contribution >= 0.6 is 11.3 Å². The van der Waals surface area contributed by atoms with E-state index in [1.165, 1.54) is 0 Å². The van der Waals surface area contributed by atoms with Gasteiger partial charge in [0.25, 0.3) is 0 Å². The lowest BCUT2D eigenvalue weighted by molar-refractivity contribution is -0.186. The van der Waals surface area contributed by atoms with Crippen LogP contribution in [0.5, 0.6) is 0 Å². The van der Waals surface area contributed by atoms with E-state index in [4.69, 9.17) is 14.3 Å². The molecule has 2 aromatic heterocycles. The molecule has 0 spiro atoms. The Hall–Kier alpha value is -2.67. The molecule has 3 heterocycles. The third-order valence-corrected chi connectivity index (χ3v) is 7.03. The average molecular weight is 530 g/mol. The number of thiazole rings is 1. The van der Waals surface area contributed by atoms with Crippen molar-refractivity contribution in [3.63, 3.8) is 0 Å². The topological polar surface area (TPSA) is 111 Å². The number of aliphatic hydroxyl groups excluding tert-OH is 1. The molecule has 1 fully saturated rings. The van der Waals surface area contributed by atoms with Gasteiger partial charge >= 0.3 is 0 Å². The second-order valence-corrected chi connectivity index (χ2v) is 9.88. The summed E-state index contributed by atoms with van der Waals surface area (Å²) in [6, 6.07) is 7.56. The molecule has 0 radical (unpaired) electrons. The fourth-order valence-electron chi connectivity index (χ4n) is 4.11. The van der Waals surface area contributed by atoms with Gasteiger partial charge in [-0.25, -0.2) is 4.98 Å². The quantitative estimate of drug-likeness (QED) is 0.306. The normalized spacial score (nSPS) is 17.9. The molecule has 4 rings (SSSR count). The largest absolute Gasteiger partial charge is 0.392 e. The van der Waals surface area contributed by atoms with Crippen molar-refractivity contribution in [3.05, 3.63) is 59.0 Å². The van der Waals surface area contributed by atoms with Crippen LogP contribution in [-0.4, -0.2) is 82.6 Å². The molecule has 1 aliphatic rings. The van der Waals surface area contributed by atoms with Gasteiger partial charge in [0.05, 0.1) is 74.5 Å². The van der Waals surface area contributed by atoms with Gasteiger partial charge in [0.15, 0.2) is 0 Å². The minimum Gasteiger partial charge on any atom is -0.392 e. The first-order chi connectivity index (χ1) is 18.0. The van der Waals surface area contributed by atoms with Crippen LogP contribution in [0.2, 0.25) is 0 Å². The number of ether oxygens (including phenoxy) is 2. The highest BCUT2D eigenvalue weighted by molar-refractivity contribution is 7.13. The molecule has 0 bridgehead atoms. The molecule has 10 nitrogen and oxygen atoms in total. The van der Waals surface area contributed by atoms with Crippen LogP contribution in [0.25, 0.3) is 10.4 Å². The number of benzene rings is 1. The van der Waals surface area contributed by atoms with Crippen molar-refractivity contribution in [1.29, 1.82) is 0 Å². The van der Waals surface area contributed by atoms with Crippen molar-refractivity contribution in [2.75, 3.05) is 39.6 Å². The first-order valence-corrected chi connectivity index (χ1v) is 13.4. The zero-order valence-corrected chi connectivity index (χ0v) is 22.2. The average Bonchev–Trinajstić information content (AvgIpc) is 3.61. The monoisotopic (exact) mass is 529 g/mol. The van der Waals surface area contributed by atoms with Gasteiger partial charge in [-0.1, -0.05) is 24.3 Å². The summed E-state index contributed by atoms with van der Waals surface area (Å²) in [7, 11) is 0. The second-order valence-electron chi connectivity index (χ2n) is 9.03. The Morgan fingerprint density at radius 1 is 1.14 bits per heavy atom. The maximum absolute atomic E-state index is 12.8. The molecule has 0 unspecified atom stereocenters. The van der Waals surface area contributed by atoms with Gasteiger partial charge in [0.2, 0.25) is 5.91 Å². The number of hydrogen-bond acceptors (Lipinski definition) is 9.